The van der Waals surface area contributed by atoms with Gasteiger partial charge in [-0.2, -0.15) is 0 Å². The topological polar surface area (TPSA) is 3.24 Å². The van der Waals surface area contributed by atoms with Crippen molar-refractivity contribution in [2.75, 3.05) is 13.1 Å². The van der Waals surface area contributed by atoms with Crippen LogP contribution in [0.3, 0.4) is 0 Å². The Balaban J connectivity index is 1.75. The highest BCUT2D eigenvalue weighted by Gasteiger charge is 2.21. The van der Waals surface area contributed by atoms with E-state index in [4.69, 9.17) is 0 Å². The third kappa shape index (κ3) is 3.21. The molecule has 16 heavy (non-hydrogen) atoms. The van der Waals surface area contributed by atoms with E-state index in [0.717, 1.165) is 12.0 Å². The van der Waals surface area contributed by atoms with Gasteiger partial charge in [0.25, 0.3) is 0 Å². The maximum Gasteiger partial charge on any atom is 0.00385 e. The maximum atomic E-state index is 2.62. The molecular weight excluding hydrogens is 194 g/mol. The zero-order chi connectivity index (χ0) is 11.4. The van der Waals surface area contributed by atoms with Crippen molar-refractivity contribution < 1.29 is 0 Å². The van der Waals surface area contributed by atoms with Gasteiger partial charge in [0.2, 0.25) is 0 Å². The van der Waals surface area contributed by atoms with Crippen molar-refractivity contribution in [3.63, 3.8) is 0 Å². The van der Waals surface area contributed by atoms with Gasteiger partial charge in [-0.25, -0.2) is 0 Å². The van der Waals surface area contributed by atoms with E-state index >= 15 is 0 Å². The van der Waals surface area contributed by atoms with Crippen LogP contribution in [-0.2, 0) is 0 Å². The Hall–Kier alpha value is -0.560. The molecule has 0 radical (unpaired) electrons. The molecule has 2 rings (SSSR count). The Kier molecular flexibility index (Phi) is 4.22. The molecule has 1 heteroatoms. The molecule has 1 heterocycles. The van der Waals surface area contributed by atoms with Gasteiger partial charge >= 0.3 is 0 Å². The number of likely N-dealkylation sites (tertiary alicyclic amines) is 1. The highest BCUT2D eigenvalue weighted by Crippen LogP contribution is 2.27. The first-order chi connectivity index (χ1) is 7.75. The standard InChI is InChI=1S/C15H25N/c1-13(2)16-10-8-15(9-11-16)12-14-6-4-3-5-7-14/h3-4,7,13,15H,5-6,8-12H2,1-2H3. The van der Waals surface area contributed by atoms with Crippen molar-refractivity contribution in [1.82, 2.24) is 4.90 Å². The molecule has 2 aliphatic rings. The van der Waals surface area contributed by atoms with E-state index in [2.05, 4.69) is 37.0 Å². The summed E-state index contributed by atoms with van der Waals surface area (Å²) in [6.45, 7) is 7.25. The quantitative estimate of drug-likeness (QED) is 0.653. The third-order valence-electron chi connectivity index (χ3n) is 4.02. The monoisotopic (exact) mass is 219 g/mol. The SMILES string of the molecule is CC(C)N1CCC(CC2=CCC=CC2)CC1. The first kappa shape index (κ1) is 11.9. The second-order valence-corrected chi connectivity index (χ2v) is 5.55. The van der Waals surface area contributed by atoms with E-state index in [-0.39, 0.29) is 0 Å². The summed E-state index contributed by atoms with van der Waals surface area (Å²) in [5.74, 6) is 0.952. The summed E-state index contributed by atoms with van der Waals surface area (Å²) in [5, 5.41) is 0. The molecule has 0 unspecified atom stereocenters. The predicted octanol–water partition coefficient (Wildman–Crippen LogP) is 3.77. The lowest BCUT2D eigenvalue weighted by Crippen LogP contribution is -2.38. The van der Waals surface area contributed by atoms with Crippen LogP contribution in [0.25, 0.3) is 0 Å². The van der Waals surface area contributed by atoms with Crippen LogP contribution in [0.4, 0.5) is 0 Å². The van der Waals surface area contributed by atoms with Gasteiger partial charge in [0, 0.05) is 6.04 Å². The Labute approximate surface area is 100 Å². The second-order valence-electron chi connectivity index (χ2n) is 5.55. The van der Waals surface area contributed by atoms with Crippen LogP contribution in [-0.4, -0.2) is 24.0 Å². The third-order valence-corrected chi connectivity index (χ3v) is 4.02. The van der Waals surface area contributed by atoms with Crippen LogP contribution >= 0.6 is 0 Å². The summed E-state index contributed by atoms with van der Waals surface area (Å²) < 4.78 is 0. The fraction of sp³-hybridized carbons (Fsp3) is 0.733. The summed E-state index contributed by atoms with van der Waals surface area (Å²) in [6, 6.07) is 0.734. The largest absolute Gasteiger partial charge is 0.301 e. The van der Waals surface area contributed by atoms with E-state index < -0.39 is 0 Å². The van der Waals surface area contributed by atoms with Crippen molar-refractivity contribution in [2.45, 2.75) is 52.0 Å². The minimum Gasteiger partial charge on any atom is -0.301 e. The molecule has 0 N–H and O–H groups in total. The van der Waals surface area contributed by atoms with E-state index in [1.807, 2.05) is 0 Å². The van der Waals surface area contributed by atoms with Crippen LogP contribution in [0.5, 0.6) is 0 Å². The predicted molar refractivity (Wildman–Crippen MR) is 70.5 cm³/mol. The van der Waals surface area contributed by atoms with Crippen molar-refractivity contribution in [3.8, 4) is 0 Å². The van der Waals surface area contributed by atoms with Gasteiger partial charge in [-0.1, -0.05) is 23.8 Å². The van der Waals surface area contributed by atoms with Crippen molar-refractivity contribution in [2.24, 2.45) is 5.92 Å². The molecule has 0 atom stereocenters. The normalized spacial score (nSPS) is 23.8. The maximum absolute atomic E-state index is 2.62. The molecule has 0 saturated carbocycles. The molecule has 0 spiro atoms. The average Bonchev–Trinajstić information content (AvgIpc) is 2.31. The number of hydrogen-bond donors (Lipinski definition) is 0. The average molecular weight is 219 g/mol. The zero-order valence-corrected chi connectivity index (χ0v) is 10.8. The number of allylic oxidation sites excluding steroid dienone is 4. The minimum absolute atomic E-state index is 0.734. The molecule has 1 fully saturated rings. The summed E-state index contributed by atoms with van der Waals surface area (Å²) in [6.07, 6.45) is 13.6. The molecule has 90 valence electrons. The van der Waals surface area contributed by atoms with Crippen LogP contribution in [0.2, 0.25) is 0 Å². The smallest absolute Gasteiger partial charge is 0.00385 e. The van der Waals surface area contributed by atoms with Crippen LogP contribution in [0.15, 0.2) is 23.8 Å². The summed E-state index contributed by atoms with van der Waals surface area (Å²) in [7, 11) is 0. The van der Waals surface area contributed by atoms with Gasteiger partial charge in [-0.05, 0) is 65.0 Å². The van der Waals surface area contributed by atoms with E-state index in [1.165, 1.54) is 45.2 Å². The molecule has 0 aromatic rings. The molecular formula is C15H25N. The number of hydrogen-bond acceptors (Lipinski definition) is 1. The first-order valence-electron chi connectivity index (χ1n) is 6.82. The van der Waals surface area contributed by atoms with Gasteiger partial charge in [0.05, 0.1) is 0 Å². The lowest BCUT2D eigenvalue weighted by Gasteiger charge is -2.35. The Morgan fingerprint density at radius 2 is 2.00 bits per heavy atom. The van der Waals surface area contributed by atoms with Gasteiger partial charge < -0.3 is 4.90 Å². The Bertz CT molecular complexity index is 267. The summed E-state index contributed by atoms with van der Waals surface area (Å²) in [5.41, 5.74) is 1.69. The van der Waals surface area contributed by atoms with Crippen LogP contribution in [0, 0.1) is 5.92 Å². The number of piperidine rings is 1. The van der Waals surface area contributed by atoms with Gasteiger partial charge in [-0.15, -0.1) is 0 Å². The van der Waals surface area contributed by atoms with Crippen molar-refractivity contribution in [1.29, 1.82) is 0 Å². The number of rotatable bonds is 3. The highest BCUT2D eigenvalue weighted by atomic mass is 15.1. The fourth-order valence-electron chi connectivity index (χ4n) is 2.86. The van der Waals surface area contributed by atoms with Crippen LogP contribution < -0.4 is 0 Å². The minimum atomic E-state index is 0.734. The van der Waals surface area contributed by atoms with Gasteiger partial charge in [0.1, 0.15) is 0 Å². The molecule has 1 saturated heterocycles. The van der Waals surface area contributed by atoms with Crippen LogP contribution in [0.1, 0.15) is 46.0 Å². The Morgan fingerprint density at radius 3 is 2.56 bits per heavy atom. The van der Waals surface area contributed by atoms with Crippen molar-refractivity contribution >= 4 is 0 Å². The van der Waals surface area contributed by atoms with Crippen molar-refractivity contribution in [3.05, 3.63) is 23.8 Å². The molecule has 0 aromatic carbocycles. The van der Waals surface area contributed by atoms with E-state index in [9.17, 15) is 0 Å². The zero-order valence-electron chi connectivity index (χ0n) is 10.8. The molecule has 0 bridgehead atoms. The molecule has 1 nitrogen and oxygen atoms in total. The second kappa shape index (κ2) is 5.67. The first-order valence-corrected chi connectivity index (χ1v) is 6.82. The van der Waals surface area contributed by atoms with Gasteiger partial charge in [0.15, 0.2) is 0 Å². The summed E-state index contributed by atoms with van der Waals surface area (Å²) >= 11 is 0. The lowest BCUT2D eigenvalue weighted by atomic mass is 9.87. The van der Waals surface area contributed by atoms with E-state index in [1.54, 1.807) is 5.57 Å². The van der Waals surface area contributed by atoms with E-state index in [0.29, 0.717) is 0 Å². The number of nitrogens with zero attached hydrogens (tertiary/aromatic N) is 1. The van der Waals surface area contributed by atoms with Gasteiger partial charge in [-0.3, -0.25) is 0 Å². The lowest BCUT2D eigenvalue weighted by molar-refractivity contribution is 0.149. The molecule has 1 aliphatic heterocycles. The molecule has 1 aliphatic carbocycles. The molecule has 0 aromatic heterocycles. The fourth-order valence-corrected chi connectivity index (χ4v) is 2.86. The summed E-state index contributed by atoms with van der Waals surface area (Å²) in [4.78, 5) is 2.62. The Morgan fingerprint density at radius 1 is 1.25 bits per heavy atom. The molecule has 0 amide bonds. The highest BCUT2D eigenvalue weighted by molar-refractivity contribution is 5.15.